The van der Waals surface area contributed by atoms with Crippen molar-refractivity contribution in [2.45, 2.75) is 11.8 Å². The molecular formula is C8H8ClN3O2S. The first-order chi connectivity index (χ1) is 6.89. The molecule has 2 aromatic rings. The second-order valence-corrected chi connectivity index (χ2v) is 5.75. The Labute approximate surface area is 91.1 Å². The standard InChI is InChI=1S/C8H8ClN3O2S/c1-5-7-3-6(15(9,13)14)4-10-8(7)12(2)11-5/h3-4H,1-2H3. The van der Waals surface area contributed by atoms with Gasteiger partial charge in [0.2, 0.25) is 0 Å². The van der Waals surface area contributed by atoms with Crippen LogP contribution in [0, 0.1) is 6.92 Å². The molecule has 2 heterocycles. The zero-order chi connectivity index (χ0) is 11.2. The molecule has 0 spiro atoms. The molecule has 0 saturated carbocycles. The van der Waals surface area contributed by atoms with Gasteiger partial charge >= 0.3 is 0 Å². The van der Waals surface area contributed by atoms with Gasteiger partial charge < -0.3 is 0 Å². The van der Waals surface area contributed by atoms with Crippen LogP contribution in [0.25, 0.3) is 11.0 Å². The van der Waals surface area contributed by atoms with E-state index < -0.39 is 9.05 Å². The number of nitrogens with zero attached hydrogens (tertiary/aromatic N) is 3. The Balaban J connectivity index is 2.82. The topological polar surface area (TPSA) is 64.8 Å². The highest BCUT2D eigenvalue weighted by Crippen LogP contribution is 2.21. The number of aromatic nitrogens is 3. The van der Waals surface area contributed by atoms with Crippen LogP contribution >= 0.6 is 10.7 Å². The molecule has 0 atom stereocenters. The Morgan fingerprint density at radius 1 is 1.47 bits per heavy atom. The Hall–Kier alpha value is -1.14. The van der Waals surface area contributed by atoms with Gasteiger partial charge in [0.05, 0.1) is 5.69 Å². The largest absolute Gasteiger partial charge is 0.262 e. The molecule has 0 aliphatic rings. The van der Waals surface area contributed by atoms with Crippen molar-refractivity contribution in [1.29, 1.82) is 0 Å². The summed E-state index contributed by atoms with van der Waals surface area (Å²) in [5, 5.41) is 4.82. The third-order valence-electron chi connectivity index (χ3n) is 2.12. The molecule has 0 N–H and O–H groups in total. The van der Waals surface area contributed by atoms with Crippen molar-refractivity contribution in [2.75, 3.05) is 0 Å². The fourth-order valence-electron chi connectivity index (χ4n) is 1.42. The summed E-state index contributed by atoms with van der Waals surface area (Å²) in [6.45, 7) is 1.79. The Morgan fingerprint density at radius 2 is 2.13 bits per heavy atom. The minimum atomic E-state index is -3.73. The molecule has 0 unspecified atom stereocenters. The van der Waals surface area contributed by atoms with Crippen LogP contribution in [0.2, 0.25) is 0 Å². The molecule has 2 rings (SSSR count). The second kappa shape index (κ2) is 3.18. The normalized spacial score (nSPS) is 12.2. The third-order valence-corrected chi connectivity index (χ3v) is 3.44. The number of rotatable bonds is 1. The third kappa shape index (κ3) is 1.70. The molecular weight excluding hydrogens is 238 g/mol. The summed E-state index contributed by atoms with van der Waals surface area (Å²) in [6.07, 6.45) is 1.23. The molecule has 0 radical (unpaired) electrons. The van der Waals surface area contributed by atoms with Gasteiger partial charge in [-0.05, 0) is 13.0 Å². The van der Waals surface area contributed by atoms with E-state index in [2.05, 4.69) is 10.1 Å². The first-order valence-corrected chi connectivity index (χ1v) is 6.44. The molecule has 2 aromatic heterocycles. The van der Waals surface area contributed by atoms with Gasteiger partial charge in [0.25, 0.3) is 9.05 Å². The SMILES string of the molecule is Cc1nn(C)c2ncc(S(=O)(=O)Cl)cc12. The van der Waals surface area contributed by atoms with Crippen LogP contribution in [-0.4, -0.2) is 23.2 Å². The van der Waals surface area contributed by atoms with E-state index >= 15 is 0 Å². The van der Waals surface area contributed by atoms with E-state index in [1.54, 1.807) is 18.7 Å². The lowest BCUT2D eigenvalue weighted by molar-refractivity contribution is 0.609. The van der Waals surface area contributed by atoms with Crippen LogP contribution in [0.4, 0.5) is 0 Å². The Bertz CT molecular complexity index is 633. The predicted octanol–water partition coefficient (Wildman–Crippen LogP) is 1.20. The Kier molecular flexibility index (Phi) is 2.20. The highest BCUT2D eigenvalue weighted by Gasteiger charge is 2.14. The molecule has 0 bridgehead atoms. The first kappa shape index (κ1) is 10.4. The molecule has 0 amide bonds. The molecule has 7 heteroatoms. The van der Waals surface area contributed by atoms with Crippen LogP contribution in [0.5, 0.6) is 0 Å². The number of halogens is 1. The van der Waals surface area contributed by atoms with Crippen LogP contribution < -0.4 is 0 Å². The van der Waals surface area contributed by atoms with Gasteiger partial charge in [0, 0.05) is 29.3 Å². The van der Waals surface area contributed by atoms with Crippen LogP contribution in [0.3, 0.4) is 0 Å². The van der Waals surface area contributed by atoms with E-state index in [0.717, 1.165) is 5.69 Å². The monoisotopic (exact) mass is 245 g/mol. The molecule has 15 heavy (non-hydrogen) atoms. The lowest BCUT2D eigenvalue weighted by Crippen LogP contribution is -1.94. The van der Waals surface area contributed by atoms with E-state index in [4.69, 9.17) is 10.7 Å². The van der Waals surface area contributed by atoms with Gasteiger partial charge in [-0.3, -0.25) is 4.68 Å². The van der Waals surface area contributed by atoms with Crippen molar-refractivity contribution in [3.05, 3.63) is 18.0 Å². The molecule has 0 fully saturated rings. The van der Waals surface area contributed by atoms with Gasteiger partial charge in [-0.25, -0.2) is 13.4 Å². The van der Waals surface area contributed by atoms with Gasteiger partial charge in [-0.2, -0.15) is 5.10 Å². The zero-order valence-corrected chi connectivity index (χ0v) is 9.67. The van der Waals surface area contributed by atoms with E-state index in [9.17, 15) is 8.42 Å². The van der Waals surface area contributed by atoms with Gasteiger partial charge in [-0.1, -0.05) is 0 Å². The average molecular weight is 246 g/mol. The van der Waals surface area contributed by atoms with Crippen molar-refractivity contribution < 1.29 is 8.42 Å². The summed E-state index contributed by atoms with van der Waals surface area (Å²) in [5.74, 6) is 0. The highest BCUT2D eigenvalue weighted by atomic mass is 35.7. The van der Waals surface area contributed by atoms with Crippen LogP contribution in [0.1, 0.15) is 5.69 Å². The molecule has 0 aliphatic heterocycles. The molecule has 80 valence electrons. The number of hydrogen-bond acceptors (Lipinski definition) is 4. The highest BCUT2D eigenvalue weighted by molar-refractivity contribution is 8.13. The van der Waals surface area contributed by atoms with Crippen LogP contribution in [0.15, 0.2) is 17.2 Å². The lowest BCUT2D eigenvalue weighted by atomic mass is 10.3. The minimum absolute atomic E-state index is 0.00670. The van der Waals surface area contributed by atoms with Crippen molar-refractivity contribution in [2.24, 2.45) is 7.05 Å². The van der Waals surface area contributed by atoms with Crippen molar-refractivity contribution in [3.63, 3.8) is 0 Å². The Morgan fingerprint density at radius 3 is 2.73 bits per heavy atom. The van der Waals surface area contributed by atoms with Gasteiger partial charge in [0.15, 0.2) is 5.65 Å². The summed E-state index contributed by atoms with van der Waals surface area (Å²) >= 11 is 0. The summed E-state index contributed by atoms with van der Waals surface area (Å²) in [7, 11) is 3.24. The fourth-order valence-corrected chi connectivity index (χ4v) is 2.11. The van der Waals surface area contributed by atoms with E-state index in [1.165, 1.54) is 12.3 Å². The maximum Gasteiger partial charge on any atom is 0.262 e. The maximum absolute atomic E-state index is 11.1. The number of hydrogen-bond donors (Lipinski definition) is 0. The maximum atomic E-state index is 11.1. The van der Waals surface area contributed by atoms with Gasteiger partial charge in [0.1, 0.15) is 4.90 Å². The lowest BCUT2D eigenvalue weighted by Gasteiger charge is -1.96. The average Bonchev–Trinajstić information content (AvgIpc) is 2.41. The minimum Gasteiger partial charge on any atom is -0.250 e. The van der Waals surface area contributed by atoms with Gasteiger partial charge in [-0.15, -0.1) is 0 Å². The molecule has 0 aromatic carbocycles. The predicted molar refractivity (Wildman–Crippen MR) is 56.3 cm³/mol. The number of pyridine rings is 1. The summed E-state index contributed by atoms with van der Waals surface area (Å²) in [5.41, 5.74) is 1.36. The fraction of sp³-hybridized carbons (Fsp3) is 0.250. The zero-order valence-electron chi connectivity index (χ0n) is 8.10. The first-order valence-electron chi connectivity index (χ1n) is 4.13. The van der Waals surface area contributed by atoms with Crippen molar-refractivity contribution >= 4 is 30.8 Å². The van der Waals surface area contributed by atoms with E-state index in [1.807, 2.05) is 0 Å². The summed E-state index contributed by atoms with van der Waals surface area (Å²) < 4.78 is 23.8. The van der Waals surface area contributed by atoms with Crippen LogP contribution in [-0.2, 0) is 16.1 Å². The van der Waals surface area contributed by atoms with E-state index in [0.29, 0.717) is 11.0 Å². The molecule has 0 aliphatic carbocycles. The smallest absolute Gasteiger partial charge is 0.250 e. The quantitative estimate of drug-likeness (QED) is 0.709. The number of fused-ring (bicyclic) bond motifs is 1. The molecule has 0 saturated heterocycles. The van der Waals surface area contributed by atoms with E-state index in [-0.39, 0.29) is 4.90 Å². The summed E-state index contributed by atoms with van der Waals surface area (Å²) in [4.78, 5) is 4.00. The second-order valence-electron chi connectivity index (χ2n) is 3.19. The van der Waals surface area contributed by atoms with Crippen molar-refractivity contribution in [1.82, 2.24) is 14.8 Å². The summed E-state index contributed by atoms with van der Waals surface area (Å²) in [6, 6.07) is 1.48. The molecule has 5 nitrogen and oxygen atoms in total. The number of aryl methyl sites for hydroxylation is 2. The van der Waals surface area contributed by atoms with Crippen molar-refractivity contribution in [3.8, 4) is 0 Å².